The van der Waals surface area contributed by atoms with Crippen molar-refractivity contribution in [3.05, 3.63) is 34.7 Å². The van der Waals surface area contributed by atoms with Crippen LogP contribution in [-0.4, -0.2) is 40.0 Å². The van der Waals surface area contributed by atoms with E-state index in [4.69, 9.17) is 18.0 Å². The summed E-state index contributed by atoms with van der Waals surface area (Å²) in [5.74, 6) is -0.846. The number of para-hydroxylation sites is 1. The standard InChI is InChI=1S/C21H25N3O3S2/c1-3-5-8-13(4-2)11-24-20(27)18(29-21(24)28)17-14-9-6-7-10-15(14)23(19(17)26)12-16(22)25/h6-7,9-10,13H,3-5,8,11-12H2,1-2H3,(H2,22,25)/b18-17-/t13-/m1/s1. The molecule has 0 bridgehead atoms. The van der Waals surface area contributed by atoms with Gasteiger partial charge in [-0.15, -0.1) is 0 Å². The van der Waals surface area contributed by atoms with Gasteiger partial charge < -0.3 is 5.73 Å². The van der Waals surface area contributed by atoms with Crippen LogP contribution in [0.5, 0.6) is 0 Å². The average molecular weight is 432 g/mol. The van der Waals surface area contributed by atoms with Gasteiger partial charge in [-0.3, -0.25) is 24.2 Å². The van der Waals surface area contributed by atoms with Crippen molar-refractivity contribution >= 4 is 57.3 Å². The molecule has 3 rings (SSSR count). The third kappa shape index (κ3) is 4.23. The fraction of sp³-hybridized carbons (Fsp3) is 0.429. The summed E-state index contributed by atoms with van der Waals surface area (Å²) in [5, 5.41) is 0. The first kappa shape index (κ1) is 21.5. The van der Waals surface area contributed by atoms with Gasteiger partial charge in [0.05, 0.1) is 16.2 Å². The minimum atomic E-state index is -0.608. The lowest BCUT2D eigenvalue weighted by Crippen LogP contribution is -2.36. The van der Waals surface area contributed by atoms with Crippen LogP contribution in [0.2, 0.25) is 0 Å². The number of unbranched alkanes of at least 4 members (excludes halogenated alkanes) is 1. The summed E-state index contributed by atoms with van der Waals surface area (Å²) < 4.78 is 0.478. The average Bonchev–Trinajstić information content (AvgIpc) is 3.12. The zero-order chi connectivity index (χ0) is 21.1. The Labute approximate surface area is 180 Å². The highest BCUT2D eigenvalue weighted by Crippen LogP contribution is 2.44. The second kappa shape index (κ2) is 9.09. The van der Waals surface area contributed by atoms with Crippen LogP contribution in [0.25, 0.3) is 5.57 Å². The van der Waals surface area contributed by atoms with Crippen LogP contribution in [0.3, 0.4) is 0 Å². The molecule has 1 atom stereocenters. The van der Waals surface area contributed by atoms with Crippen LogP contribution in [0.1, 0.15) is 45.1 Å². The largest absolute Gasteiger partial charge is 0.368 e. The molecule has 1 saturated heterocycles. The first-order chi connectivity index (χ1) is 13.9. The maximum Gasteiger partial charge on any atom is 0.267 e. The molecule has 0 radical (unpaired) electrons. The maximum absolute atomic E-state index is 13.2. The monoisotopic (exact) mass is 431 g/mol. The van der Waals surface area contributed by atoms with Crippen molar-refractivity contribution in [2.24, 2.45) is 11.7 Å². The van der Waals surface area contributed by atoms with Gasteiger partial charge in [0.2, 0.25) is 5.91 Å². The van der Waals surface area contributed by atoms with E-state index in [1.54, 1.807) is 29.2 Å². The molecule has 154 valence electrons. The van der Waals surface area contributed by atoms with Crippen molar-refractivity contribution in [2.45, 2.75) is 39.5 Å². The van der Waals surface area contributed by atoms with E-state index < -0.39 is 5.91 Å². The lowest BCUT2D eigenvalue weighted by molar-refractivity contribution is -0.123. The molecule has 2 heterocycles. The maximum atomic E-state index is 13.2. The second-order valence-electron chi connectivity index (χ2n) is 7.28. The molecule has 29 heavy (non-hydrogen) atoms. The second-order valence-corrected chi connectivity index (χ2v) is 8.92. The summed E-state index contributed by atoms with van der Waals surface area (Å²) in [4.78, 5) is 41.1. The highest BCUT2D eigenvalue weighted by Gasteiger charge is 2.42. The van der Waals surface area contributed by atoms with Crippen LogP contribution in [0.15, 0.2) is 29.2 Å². The van der Waals surface area contributed by atoms with E-state index in [9.17, 15) is 14.4 Å². The molecule has 6 nitrogen and oxygen atoms in total. The summed E-state index contributed by atoms with van der Waals surface area (Å²) in [6.07, 6.45) is 4.24. The van der Waals surface area contributed by atoms with Crippen LogP contribution < -0.4 is 10.6 Å². The van der Waals surface area contributed by atoms with Crippen molar-refractivity contribution in [3.8, 4) is 0 Å². The van der Waals surface area contributed by atoms with E-state index in [0.717, 1.165) is 25.7 Å². The molecular weight excluding hydrogens is 406 g/mol. The number of hydrogen-bond acceptors (Lipinski definition) is 5. The number of hydrogen-bond donors (Lipinski definition) is 1. The van der Waals surface area contributed by atoms with E-state index in [0.29, 0.717) is 38.5 Å². The molecule has 1 aromatic carbocycles. The van der Waals surface area contributed by atoms with Gasteiger partial charge in [-0.25, -0.2) is 0 Å². The molecule has 2 aliphatic rings. The van der Waals surface area contributed by atoms with Crippen LogP contribution in [-0.2, 0) is 14.4 Å². The van der Waals surface area contributed by atoms with Gasteiger partial charge >= 0.3 is 0 Å². The van der Waals surface area contributed by atoms with E-state index in [2.05, 4.69) is 13.8 Å². The number of nitrogens with two attached hydrogens (primary N) is 1. The van der Waals surface area contributed by atoms with E-state index in [1.807, 2.05) is 0 Å². The number of primary amides is 1. The van der Waals surface area contributed by atoms with Crippen molar-refractivity contribution < 1.29 is 14.4 Å². The number of anilines is 1. The Morgan fingerprint density at radius 2 is 1.90 bits per heavy atom. The van der Waals surface area contributed by atoms with E-state index in [-0.39, 0.29) is 18.4 Å². The van der Waals surface area contributed by atoms with E-state index in [1.165, 1.54) is 16.7 Å². The van der Waals surface area contributed by atoms with Crippen molar-refractivity contribution in [1.82, 2.24) is 4.90 Å². The molecule has 0 spiro atoms. The Balaban J connectivity index is 1.95. The molecule has 8 heteroatoms. The normalized spacial score (nSPS) is 19.9. The number of fused-ring (bicyclic) bond motifs is 1. The summed E-state index contributed by atoms with van der Waals surface area (Å²) in [6, 6.07) is 7.13. The van der Waals surface area contributed by atoms with Gasteiger partial charge in [0.15, 0.2) is 0 Å². The summed E-state index contributed by atoms with van der Waals surface area (Å²) >= 11 is 6.65. The summed E-state index contributed by atoms with van der Waals surface area (Å²) in [7, 11) is 0. The van der Waals surface area contributed by atoms with Crippen molar-refractivity contribution in [2.75, 3.05) is 18.0 Å². The predicted octanol–water partition coefficient (Wildman–Crippen LogP) is 3.31. The molecule has 0 aromatic heterocycles. The fourth-order valence-corrected chi connectivity index (χ4v) is 5.04. The number of benzene rings is 1. The molecule has 1 fully saturated rings. The molecule has 0 saturated carbocycles. The van der Waals surface area contributed by atoms with Crippen LogP contribution in [0, 0.1) is 5.92 Å². The number of thiocarbonyl (C=S) groups is 1. The van der Waals surface area contributed by atoms with Gasteiger partial charge in [-0.2, -0.15) is 0 Å². The predicted molar refractivity (Wildman–Crippen MR) is 120 cm³/mol. The Morgan fingerprint density at radius 3 is 2.55 bits per heavy atom. The summed E-state index contributed by atoms with van der Waals surface area (Å²) in [5.41, 5.74) is 6.86. The number of amides is 3. The quantitative estimate of drug-likeness (QED) is 0.504. The number of nitrogens with zero attached hydrogens (tertiary/aromatic N) is 2. The van der Waals surface area contributed by atoms with Crippen LogP contribution in [0.4, 0.5) is 5.69 Å². The summed E-state index contributed by atoms with van der Waals surface area (Å²) in [6.45, 7) is 4.61. The molecule has 0 unspecified atom stereocenters. The van der Waals surface area contributed by atoms with Crippen molar-refractivity contribution in [1.29, 1.82) is 0 Å². The Kier molecular flexibility index (Phi) is 6.74. The van der Waals surface area contributed by atoms with Gasteiger partial charge in [-0.1, -0.05) is 75.3 Å². The zero-order valence-corrected chi connectivity index (χ0v) is 18.3. The highest BCUT2D eigenvalue weighted by molar-refractivity contribution is 8.26. The fourth-order valence-electron chi connectivity index (χ4n) is 3.69. The minimum absolute atomic E-state index is 0.228. The highest BCUT2D eigenvalue weighted by atomic mass is 32.2. The SMILES string of the molecule is CCCC[C@@H](CC)CN1C(=O)/C(=C2/C(=O)N(CC(N)=O)c3ccccc32)SC1=S. The van der Waals surface area contributed by atoms with Gasteiger partial charge in [0, 0.05) is 12.1 Å². The third-order valence-electron chi connectivity index (χ3n) is 5.30. The van der Waals surface area contributed by atoms with Gasteiger partial charge in [-0.05, 0) is 18.4 Å². The lowest BCUT2D eigenvalue weighted by Gasteiger charge is -2.21. The number of thioether (sulfide) groups is 1. The number of carbonyl (C=O) groups excluding carboxylic acids is 3. The Bertz CT molecular complexity index is 897. The lowest BCUT2D eigenvalue weighted by atomic mass is 9.98. The smallest absolute Gasteiger partial charge is 0.267 e. The number of rotatable bonds is 8. The van der Waals surface area contributed by atoms with Gasteiger partial charge in [0.25, 0.3) is 11.8 Å². The van der Waals surface area contributed by atoms with Gasteiger partial charge in [0.1, 0.15) is 10.9 Å². The first-order valence-electron chi connectivity index (χ1n) is 9.86. The first-order valence-corrected chi connectivity index (χ1v) is 11.1. The topological polar surface area (TPSA) is 83.7 Å². The third-order valence-corrected chi connectivity index (χ3v) is 6.75. The Morgan fingerprint density at radius 1 is 1.17 bits per heavy atom. The number of carbonyl (C=O) groups is 3. The van der Waals surface area contributed by atoms with Crippen LogP contribution >= 0.6 is 24.0 Å². The van der Waals surface area contributed by atoms with E-state index >= 15 is 0 Å². The molecule has 1 aromatic rings. The van der Waals surface area contributed by atoms with Crippen molar-refractivity contribution in [3.63, 3.8) is 0 Å². The molecule has 3 amide bonds. The Hall–Kier alpha value is -2.19. The molecular formula is C21H25N3O3S2. The minimum Gasteiger partial charge on any atom is -0.368 e. The zero-order valence-electron chi connectivity index (χ0n) is 16.6. The molecule has 2 N–H and O–H groups in total. The molecule has 0 aliphatic carbocycles. The molecule has 2 aliphatic heterocycles.